The summed E-state index contributed by atoms with van der Waals surface area (Å²) < 4.78 is 5.56. The van der Waals surface area contributed by atoms with E-state index in [1.54, 1.807) is 0 Å². The van der Waals surface area contributed by atoms with E-state index in [0.717, 1.165) is 38.4 Å². The minimum Gasteiger partial charge on any atom is -0.444 e. The summed E-state index contributed by atoms with van der Waals surface area (Å²) in [6, 6.07) is 0. The number of nitrogens with zero attached hydrogens (tertiary/aromatic N) is 1. The molecule has 0 aromatic rings. The van der Waals surface area contributed by atoms with Gasteiger partial charge in [0.25, 0.3) is 0 Å². The van der Waals surface area contributed by atoms with Crippen molar-refractivity contribution in [2.45, 2.75) is 105 Å². The Morgan fingerprint density at radius 2 is 1.61 bits per heavy atom. The molecule has 1 amide bonds. The molecule has 1 aliphatic carbocycles. The van der Waals surface area contributed by atoms with Crippen LogP contribution in [0.1, 0.15) is 93.4 Å². The van der Waals surface area contributed by atoms with Crippen LogP contribution in [0.3, 0.4) is 0 Å². The van der Waals surface area contributed by atoms with Crippen molar-refractivity contribution in [3.8, 4) is 0 Å². The molecule has 2 rings (SSSR count). The normalized spacial score (nSPS) is 20.9. The fourth-order valence-corrected chi connectivity index (χ4v) is 4.38. The molecule has 0 unspecified atom stereocenters. The van der Waals surface area contributed by atoms with Crippen LogP contribution >= 0.6 is 0 Å². The summed E-state index contributed by atoms with van der Waals surface area (Å²) in [5.41, 5.74) is -0.475. The van der Waals surface area contributed by atoms with Gasteiger partial charge in [-0.05, 0) is 71.6 Å². The van der Waals surface area contributed by atoms with E-state index < -0.39 is 5.60 Å². The van der Waals surface area contributed by atoms with Gasteiger partial charge in [-0.3, -0.25) is 0 Å². The number of rotatable bonds is 5. The van der Waals surface area contributed by atoms with E-state index in [0.29, 0.717) is 0 Å². The van der Waals surface area contributed by atoms with Crippen LogP contribution in [0.2, 0.25) is 0 Å². The molecule has 2 aliphatic rings. The summed E-state index contributed by atoms with van der Waals surface area (Å²) >= 11 is 0. The molecule has 0 atom stereocenters. The minimum absolute atomic E-state index is 0.137. The average molecular weight is 399 g/mol. The highest BCUT2D eigenvalue weighted by Gasteiger charge is 2.43. The Hall–Kier alpha value is -0.810. The van der Waals surface area contributed by atoms with Gasteiger partial charge in [-0.15, -0.1) is 0 Å². The highest BCUT2D eigenvalue weighted by Crippen LogP contribution is 2.45. The zero-order chi connectivity index (χ0) is 21.4. The van der Waals surface area contributed by atoms with E-state index >= 15 is 0 Å². The topological polar surface area (TPSA) is 61.8 Å². The monoisotopic (exact) mass is 398 g/mol. The quantitative estimate of drug-likeness (QED) is 0.686. The minimum atomic E-state index is -0.443. The summed E-state index contributed by atoms with van der Waals surface area (Å²) in [5.74, 6) is 0.721. The Labute approximate surface area is 173 Å². The predicted molar refractivity (Wildman–Crippen MR) is 117 cm³/mol. The number of amides is 1. The van der Waals surface area contributed by atoms with Crippen molar-refractivity contribution in [1.29, 1.82) is 0 Å². The first-order valence-corrected chi connectivity index (χ1v) is 11.4. The number of piperidine rings is 1. The highest BCUT2D eigenvalue weighted by molar-refractivity contribution is 5.68. The first-order chi connectivity index (χ1) is 13.1. The molecule has 2 N–H and O–H groups in total. The van der Waals surface area contributed by atoms with E-state index in [1.165, 1.54) is 32.1 Å². The molecule has 1 saturated carbocycles. The summed E-state index contributed by atoms with van der Waals surface area (Å²) in [6.45, 7) is 16.5. The van der Waals surface area contributed by atoms with Gasteiger partial charge in [0, 0.05) is 25.2 Å². The molecule has 1 heterocycles. The van der Waals surface area contributed by atoms with Crippen molar-refractivity contribution in [3.63, 3.8) is 0 Å². The molecule has 0 bridgehead atoms. The van der Waals surface area contributed by atoms with Gasteiger partial charge < -0.3 is 20.1 Å². The Bertz CT molecular complexity index is 457. The number of carbonyl (C=O) groups excluding carboxylic acids is 1. The summed E-state index contributed by atoms with van der Waals surface area (Å²) in [5, 5.41) is 13.2. The first-order valence-electron chi connectivity index (χ1n) is 11.4. The molecule has 5 nitrogen and oxygen atoms in total. The van der Waals surface area contributed by atoms with Crippen LogP contribution in [-0.2, 0) is 4.74 Å². The lowest BCUT2D eigenvalue weighted by Gasteiger charge is -2.49. The maximum Gasteiger partial charge on any atom is 0.410 e. The van der Waals surface area contributed by atoms with Gasteiger partial charge in [-0.2, -0.15) is 0 Å². The largest absolute Gasteiger partial charge is 0.444 e. The molecule has 5 heteroatoms. The fraction of sp³-hybridized carbons (Fsp3) is 0.957. The summed E-state index contributed by atoms with van der Waals surface area (Å²) in [4.78, 5) is 14.3. The zero-order valence-electron chi connectivity index (χ0n) is 19.6. The van der Waals surface area contributed by atoms with E-state index in [4.69, 9.17) is 4.74 Å². The van der Waals surface area contributed by atoms with Crippen LogP contribution in [0.5, 0.6) is 0 Å². The third-order valence-electron chi connectivity index (χ3n) is 6.20. The number of aliphatic hydroxyl groups excluding tert-OH is 1. The van der Waals surface area contributed by atoms with Gasteiger partial charge in [0.15, 0.2) is 0 Å². The first kappa shape index (κ1) is 25.2. The summed E-state index contributed by atoms with van der Waals surface area (Å²) in [6.07, 6.45) is 8.46. The van der Waals surface area contributed by atoms with E-state index in [2.05, 4.69) is 19.2 Å². The van der Waals surface area contributed by atoms with Gasteiger partial charge >= 0.3 is 6.09 Å². The third kappa shape index (κ3) is 7.55. The Morgan fingerprint density at radius 1 is 1.07 bits per heavy atom. The lowest BCUT2D eigenvalue weighted by molar-refractivity contribution is -0.00882. The maximum absolute atomic E-state index is 12.4. The van der Waals surface area contributed by atoms with Crippen LogP contribution in [0.4, 0.5) is 4.79 Å². The number of aliphatic hydroxyl groups is 1. The molecule has 28 heavy (non-hydrogen) atoms. The van der Waals surface area contributed by atoms with Crippen LogP contribution in [0.15, 0.2) is 0 Å². The molecule has 166 valence electrons. The van der Waals surface area contributed by atoms with Crippen LogP contribution in [-0.4, -0.2) is 53.5 Å². The second kappa shape index (κ2) is 10.8. The SMILES string of the molecule is CC.CC(C)(CO)NCC1(C2CCCCC2)CCN(C(=O)OC(C)(C)C)CC1. The van der Waals surface area contributed by atoms with Gasteiger partial charge in [0.05, 0.1) is 6.61 Å². The van der Waals surface area contributed by atoms with Crippen molar-refractivity contribution in [2.24, 2.45) is 11.3 Å². The number of carbonyl (C=O) groups is 1. The molecule has 0 aromatic carbocycles. The summed E-state index contributed by atoms with van der Waals surface area (Å²) in [7, 11) is 0. The average Bonchev–Trinajstić information content (AvgIpc) is 2.68. The molecule has 0 radical (unpaired) electrons. The third-order valence-corrected chi connectivity index (χ3v) is 6.20. The van der Waals surface area contributed by atoms with Gasteiger partial charge in [-0.1, -0.05) is 33.1 Å². The highest BCUT2D eigenvalue weighted by atomic mass is 16.6. The Balaban J connectivity index is 0.00000190. The number of hydrogen-bond acceptors (Lipinski definition) is 4. The van der Waals surface area contributed by atoms with Crippen LogP contribution in [0.25, 0.3) is 0 Å². The zero-order valence-corrected chi connectivity index (χ0v) is 19.6. The molecule has 0 spiro atoms. The van der Waals surface area contributed by atoms with E-state index in [-0.39, 0.29) is 23.7 Å². The van der Waals surface area contributed by atoms with Gasteiger partial charge in [-0.25, -0.2) is 4.79 Å². The van der Waals surface area contributed by atoms with Crippen LogP contribution in [0, 0.1) is 11.3 Å². The number of ether oxygens (including phenoxy) is 1. The van der Waals surface area contributed by atoms with Gasteiger partial charge in [0.2, 0.25) is 0 Å². The number of likely N-dealkylation sites (tertiary alicyclic amines) is 1. The molecular formula is C23H46N2O3. The van der Waals surface area contributed by atoms with Crippen molar-refractivity contribution >= 4 is 6.09 Å². The number of nitrogens with one attached hydrogen (secondary N) is 1. The van der Waals surface area contributed by atoms with E-state index in [1.807, 2.05) is 39.5 Å². The van der Waals surface area contributed by atoms with Crippen molar-refractivity contribution in [2.75, 3.05) is 26.2 Å². The van der Waals surface area contributed by atoms with E-state index in [9.17, 15) is 9.90 Å². The second-order valence-electron chi connectivity index (χ2n) is 10.1. The second-order valence-corrected chi connectivity index (χ2v) is 10.1. The Kier molecular flexibility index (Phi) is 9.75. The standard InChI is InChI=1S/C21H40N2O3.C2H6/c1-19(2,3)26-18(25)23-13-11-21(12-14-23,15-22-20(4,5)16-24)17-9-7-6-8-10-17;1-2/h17,22,24H,6-16H2,1-5H3;1-2H3. The number of hydrogen-bond donors (Lipinski definition) is 2. The fourth-order valence-electron chi connectivity index (χ4n) is 4.38. The Morgan fingerprint density at radius 3 is 2.07 bits per heavy atom. The lowest BCUT2D eigenvalue weighted by atomic mass is 9.63. The molecule has 0 aromatic heterocycles. The lowest BCUT2D eigenvalue weighted by Crippen LogP contribution is -2.55. The van der Waals surface area contributed by atoms with Crippen LogP contribution < -0.4 is 5.32 Å². The maximum atomic E-state index is 12.4. The smallest absolute Gasteiger partial charge is 0.410 e. The van der Waals surface area contributed by atoms with Crippen molar-refractivity contribution < 1.29 is 14.6 Å². The molecule has 1 saturated heterocycles. The molecule has 1 aliphatic heterocycles. The van der Waals surface area contributed by atoms with Gasteiger partial charge in [0.1, 0.15) is 5.60 Å². The molecule has 2 fully saturated rings. The van der Waals surface area contributed by atoms with Crippen molar-refractivity contribution in [1.82, 2.24) is 10.2 Å². The molecular weight excluding hydrogens is 352 g/mol. The van der Waals surface area contributed by atoms with Crippen molar-refractivity contribution in [3.05, 3.63) is 0 Å². The predicted octanol–water partition coefficient (Wildman–Crippen LogP) is 4.97.